The number of aliphatic hydroxyl groups is 1. The molecular weight excluding hydrogens is 422 g/mol. The number of nitrogens with zero attached hydrogens (tertiary/aromatic N) is 1. The van der Waals surface area contributed by atoms with Crippen LogP contribution in [0.25, 0.3) is 0 Å². The van der Waals surface area contributed by atoms with Gasteiger partial charge >= 0.3 is 0 Å². The van der Waals surface area contributed by atoms with Crippen molar-refractivity contribution in [2.45, 2.75) is 104 Å². The molecule has 0 aliphatic carbocycles. The van der Waals surface area contributed by atoms with Crippen molar-refractivity contribution in [3.05, 3.63) is 59.7 Å². The van der Waals surface area contributed by atoms with E-state index in [1.54, 1.807) is 11.8 Å². The summed E-state index contributed by atoms with van der Waals surface area (Å²) in [5, 5.41) is 9.41. The van der Waals surface area contributed by atoms with Gasteiger partial charge in [0.15, 0.2) is 0 Å². The van der Waals surface area contributed by atoms with Gasteiger partial charge in [0, 0.05) is 12.6 Å². The van der Waals surface area contributed by atoms with Gasteiger partial charge in [-0.15, -0.1) is 0 Å². The molecule has 2 aromatic carbocycles. The second-order valence-electron chi connectivity index (χ2n) is 9.32. The van der Waals surface area contributed by atoms with Crippen LogP contribution < -0.4 is 9.64 Å². The normalized spacial score (nSPS) is 10.9. The van der Waals surface area contributed by atoms with Gasteiger partial charge in [-0.2, -0.15) is 0 Å². The van der Waals surface area contributed by atoms with Crippen LogP contribution >= 0.6 is 0 Å². The fourth-order valence-corrected chi connectivity index (χ4v) is 4.26. The monoisotopic (exact) mass is 467 g/mol. The maximum absolute atomic E-state index is 12.3. The highest BCUT2D eigenvalue weighted by atomic mass is 16.5. The average molecular weight is 468 g/mol. The molecule has 0 radical (unpaired) electrons. The van der Waals surface area contributed by atoms with Crippen LogP contribution in [0.3, 0.4) is 0 Å². The zero-order valence-electron chi connectivity index (χ0n) is 21.4. The minimum Gasteiger partial charge on any atom is -0.494 e. The maximum Gasteiger partial charge on any atom is 0.224 e. The molecule has 0 saturated carbocycles. The molecule has 4 nitrogen and oxygen atoms in total. The van der Waals surface area contributed by atoms with E-state index in [0.717, 1.165) is 35.6 Å². The molecule has 0 saturated heterocycles. The lowest BCUT2D eigenvalue weighted by atomic mass is 10.1. The number of unbranched alkanes of at least 4 members (excludes halogenated alkanes) is 11. The Kier molecular flexibility index (Phi) is 14.1. The molecule has 0 aliphatic rings. The van der Waals surface area contributed by atoms with Gasteiger partial charge in [-0.05, 0) is 41.8 Å². The van der Waals surface area contributed by atoms with Crippen LogP contribution in [0.1, 0.15) is 102 Å². The highest BCUT2D eigenvalue weighted by Gasteiger charge is 2.13. The first kappa shape index (κ1) is 27.9. The van der Waals surface area contributed by atoms with Gasteiger partial charge in [0.1, 0.15) is 5.75 Å². The van der Waals surface area contributed by atoms with E-state index >= 15 is 0 Å². The van der Waals surface area contributed by atoms with Crippen molar-refractivity contribution in [3.8, 4) is 5.75 Å². The SMILES string of the molecule is CCCCCCCCCCCCCCOc1cccc(CN(C(C)=O)c2cccc(CO)c2)c1. The molecule has 0 aliphatic heterocycles. The average Bonchev–Trinajstić information content (AvgIpc) is 2.85. The second-order valence-corrected chi connectivity index (χ2v) is 9.32. The van der Waals surface area contributed by atoms with Crippen molar-refractivity contribution in [3.63, 3.8) is 0 Å². The Balaban J connectivity index is 1.66. The number of rotatable bonds is 18. The van der Waals surface area contributed by atoms with Crippen LogP contribution in [0.5, 0.6) is 5.75 Å². The van der Waals surface area contributed by atoms with Crippen molar-refractivity contribution >= 4 is 11.6 Å². The summed E-state index contributed by atoms with van der Waals surface area (Å²) in [5.74, 6) is 0.825. The zero-order valence-corrected chi connectivity index (χ0v) is 21.4. The van der Waals surface area contributed by atoms with E-state index in [2.05, 4.69) is 6.92 Å². The van der Waals surface area contributed by atoms with Gasteiger partial charge in [0.2, 0.25) is 5.91 Å². The van der Waals surface area contributed by atoms with Crippen molar-refractivity contribution < 1.29 is 14.6 Å². The number of hydrogen-bond acceptors (Lipinski definition) is 3. The summed E-state index contributed by atoms with van der Waals surface area (Å²) in [6, 6.07) is 15.5. The van der Waals surface area contributed by atoms with E-state index in [-0.39, 0.29) is 12.5 Å². The number of anilines is 1. The van der Waals surface area contributed by atoms with Crippen LogP contribution in [-0.4, -0.2) is 17.6 Å². The lowest BCUT2D eigenvalue weighted by Crippen LogP contribution is -2.27. The first-order valence-electron chi connectivity index (χ1n) is 13.3. The summed E-state index contributed by atoms with van der Waals surface area (Å²) in [6.45, 7) is 5.00. The summed E-state index contributed by atoms with van der Waals surface area (Å²) in [6.07, 6.45) is 16.0. The predicted molar refractivity (Wildman–Crippen MR) is 142 cm³/mol. The lowest BCUT2D eigenvalue weighted by molar-refractivity contribution is -0.116. The van der Waals surface area contributed by atoms with E-state index in [1.165, 1.54) is 70.6 Å². The molecule has 0 spiro atoms. The van der Waals surface area contributed by atoms with Gasteiger partial charge in [-0.1, -0.05) is 102 Å². The van der Waals surface area contributed by atoms with Crippen molar-refractivity contribution in [1.29, 1.82) is 0 Å². The summed E-state index contributed by atoms with van der Waals surface area (Å²) < 4.78 is 5.99. The Labute approximate surface area is 207 Å². The van der Waals surface area contributed by atoms with Gasteiger partial charge in [-0.3, -0.25) is 4.79 Å². The molecule has 188 valence electrons. The minimum absolute atomic E-state index is 0.0297. The molecule has 0 fully saturated rings. The molecule has 2 aromatic rings. The molecule has 0 heterocycles. The van der Waals surface area contributed by atoms with Crippen molar-refractivity contribution in [2.24, 2.45) is 0 Å². The number of ether oxygens (including phenoxy) is 1. The van der Waals surface area contributed by atoms with E-state index in [4.69, 9.17) is 4.74 Å². The Bertz CT molecular complexity index is 820. The molecular formula is C30H45NO3. The van der Waals surface area contributed by atoms with Crippen LogP contribution in [-0.2, 0) is 17.9 Å². The number of amides is 1. The van der Waals surface area contributed by atoms with Gasteiger partial charge in [0.25, 0.3) is 0 Å². The predicted octanol–water partition coefficient (Wildman–Crippen LogP) is 7.81. The molecule has 34 heavy (non-hydrogen) atoms. The fraction of sp³-hybridized carbons (Fsp3) is 0.567. The number of carbonyl (C=O) groups is 1. The Morgan fingerprint density at radius 2 is 1.38 bits per heavy atom. The summed E-state index contributed by atoms with van der Waals surface area (Å²) in [7, 11) is 0. The minimum atomic E-state index is -0.0396. The van der Waals surface area contributed by atoms with Crippen LogP contribution in [0.2, 0.25) is 0 Å². The van der Waals surface area contributed by atoms with Crippen LogP contribution in [0.4, 0.5) is 5.69 Å². The highest BCUT2D eigenvalue weighted by molar-refractivity contribution is 5.91. The molecule has 0 atom stereocenters. The molecule has 0 aromatic heterocycles. The van der Waals surface area contributed by atoms with E-state index in [1.807, 2.05) is 48.5 Å². The number of carbonyl (C=O) groups excluding carboxylic acids is 1. The zero-order chi connectivity index (χ0) is 24.4. The third kappa shape index (κ3) is 11.2. The van der Waals surface area contributed by atoms with Crippen molar-refractivity contribution in [1.82, 2.24) is 0 Å². The number of aliphatic hydroxyl groups excluding tert-OH is 1. The number of hydrogen-bond donors (Lipinski definition) is 1. The van der Waals surface area contributed by atoms with Gasteiger partial charge in [0.05, 0.1) is 19.8 Å². The third-order valence-electron chi connectivity index (χ3n) is 6.29. The van der Waals surface area contributed by atoms with Gasteiger partial charge < -0.3 is 14.7 Å². The van der Waals surface area contributed by atoms with Gasteiger partial charge in [-0.25, -0.2) is 0 Å². The molecule has 0 unspecified atom stereocenters. The lowest BCUT2D eigenvalue weighted by Gasteiger charge is -2.22. The largest absolute Gasteiger partial charge is 0.494 e. The molecule has 0 bridgehead atoms. The van der Waals surface area contributed by atoms with Crippen LogP contribution in [0.15, 0.2) is 48.5 Å². The number of benzene rings is 2. The smallest absolute Gasteiger partial charge is 0.224 e. The van der Waals surface area contributed by atoms with E-state index < -0.39 is 0 Å². The molecule has 2 rings (SSSR count). The summed E-state index contributed by atoms with van der Waals surface area (Å²) in [5.41, 5.74) is 2.61. The highest BCUT2D eigenvalue weighted by Crippen LogP contribution is 2.22. The maximum atomic E-state index is 12.3. The Morgan fingerprint density at radius 1 is 0.794 bits per heavy atom. The topological polar surface area (TPSA) is 49.8 Å². The quantitative estimate of drug-likeness (QED) is 0.227. The standard InChI is InChI=1S/C30H45NO3/c1-3-4-5-6-7-8-9-10-11-12-13-14-21-34-30-20-16-17-27(23-30)24-31(26(2)33)29-19-15-18-28(22-29)25-32/h15-20,22-23,32H,3-14,21,24-25H2,1-2H3. The molecule has 1 N–H and O–H groups in total. The fourth-order valence-electron chi connectivity index (χ4n) is 4.26. The molecule has 1 amide bonds. The first-order valence-corrected chi connectivity index (χ1v) is 13.3. The molecule has 4 heteroatoms. The summed E-state index contributed by atoms with van der Waals surface area (Å²) in [4.78, 5) is 14.0. The Morgan fingerprint density at radius 3 is 2.00 bits per heavy atom. The van der Waals surface area contributed by atoms with Crippen molar-refractivity contribution in [2.75, 3.05) is 11.5 Å². The second kappa shape index (κ2) is 17.2. The first-order chi connectivity index (χ1) is 16.6. The van der Waals surface area contributed by atoms with Crippen LogP contribution in [0, 0.1) is 0 Å². The summed E-state index contributed by atoms with van der Waals surface area (Å²) >= 11 is 0. The Hall–Kier alpha value is -2.33. The van der Waals surface area contributed by atoms with E-state index in [9.17, 15) is 9.90 Å². The third-order valence-corrected chi connectivity index (χ3v) is 6.29. The van der Waals surface area contributed by atoms with E-state index in [0.29, 0.717) is 6.54 Å².